The first-order chi connectivity index (χ1) is 29.1. The SMILES string of the molecule is CC[C@@H]1CCN(C(=O)[C@H](NC(=O)OC)c2ccccc2)C1c1ncc(-c2ccc(-c3ccc4cc(-c5cnc(CN(CC6(C)CC6)C(=O)CNC=O)[nH]5)ccc4c3)cc2)[nH]1. The summed E-state index contributed by atoms with van der Waals surface area (Å²) in [5.74, 6) is 1.30. The minimum absolute atomic E-state index is 0.0322. The second kappa shape index (κ2) is 17.2. The highest BCUT2D eigenvalue weighted by atomic mass is 16.5. The van der Waals surface area contributed by atoms with E-state index >= 15 is 0 Å². The average Bonchev–Trinajstić information content (AvgIpc) is 3.67. The number of methoxy groups -OCH3 is 1. The van der Waals surface area contributed by atoms with Crippen molar-refractivity contribution in [3.63, 3.8) is 0 Å². The molecule has 1 unspecified atom stereocenters. The molecular formula is C47H50N8O5. The molecule has 308 valence electrons. The number of nitrogens with zero attached hydrogens (tertiary/aromatic N) is 4. The Labute approximate surface area is 349 Å². The van der Waals surface area contributed by atoms with Crippen molar-refractivity contribution < 1.29 is 23.9 Å². The Hall–Kier alpha value is -6.76. The van der Waals surface area contributed by atoms with Gasteiger partial charge in [0.2, 0.25) is 12.3 Å². The van der Waals surface area contributed by atoms with E-state index in [1.165, 1.54) is 7.11 Å². The van der Waals surface area contributed by atoms with Gasteiger partial charge < -0.3 is 35.1 Å². The van der Waals surface area contributed by atoms with Crippen LogP contribution in [0.1, 0.15) is 68.8 Å². The largest absolute Gasteiger partial charge is 0.453 e. The molecule has 3 heterocycles. The van der Waals surface area contributed by atoms with Crippen molar-refractivity contribution in [3.05, 3.63) is 121 Å². The Morgan fingerprint density at radius 1 is 0.900 bits per heavy atom. The van der Waals surface area contributed by atoms with Gasteiger partial charge in [0, 0.05) is 18.7 Å². The minimum Gasteiger partial charge on any atom is -0.453 e. The molecule has 3 atom stereocenters. The molecule has 6 aromatic rings. The fraction of sp³-hybridized carbons (Fsp3) is 0.319. The maximum absolute atomic E-state index is 14.2. The number of rotatable bonds is 15. The Balaban J connectivity index is 0.959. The zero-order valence-corrected chi connectivity index (χ0v) is 34.1. The number of amides is 4. The molecule has 13 nitrogen and oxygen atoms in total. The summed E-state index contributed by atoms with van der Waals surface area (Å²) < 4.78 is 4.87. The Morgan fingerprint density at radius 2 is 1.57 bits per heavy atom. The van der Waals surface area contributed by atoms with Crippen molar-refractivity contribution >= 4 is 35.1 Å². The van der Waals surface area contributed by atoms with Crippen molar-refractivity contribution in [3.8, 4) is 33.6 Å². The van der Waals surface area contributed by atoms with E-state index in [1.54, 1.807) is 11.1 Å². The van der Waals surface area contributed by atoms with Gasteiger partial charge in [0.25, 0.3) is 5.91 Å². The summed E-state index contributed by atoms with van der Waals surface area (Å²) in [4.78, 5) is 70.1. The number of carbonyl (C=O) groups excluding carboxylic acids is 4. The highest BCUT2D eigenvalue weighted by Crippen LogP contribution is 2.46. The number of imidazole rings is 2. The number of H-pyrrole nitrogens is 2. The van der Waals surface area contributed by atoms with Crippen molar-refractivity contribution in [2.24, 2.45) is 11.3 Å². The van der Waals surface area contributed by atoms with Crippen LogP contribution in [-0.4, -0.2) is 80.8 Å². The zero-order valence-electron chi connectivity index (χ0n) is 34.1. The number of hydrogen-bond acceptors (Lipinski definition) is 7. The summed E-state index contributed by atoms with van der Waals surface area (Å²) in [7, 11) is 1.29. The lowest BCUT2D eigenvalue weighted by molar-refractivity contribution is -0.135. The summed E-state index contributed by atoms with van der Waals surface area (Å²) in [5.41, 5.74) is 6.68. The molecule has 8 rings (SSSR count). The molecule has 2 fully saturated rings. The fourth-order valence-electron chi connectivity index (χ4n) is 8.32. The van der Waals surface area contributed by atoms with Gasteiger partial charge in [0.1, 0.15) is 17.7 Å². The normalized spacial score (nSPS) is 17.2. The van der Waals surface area contributed by atoms with Gasteiger partial charge in [-0.25, -0.2) is 14.8 Å². The molecule has 1 aliphatic carbocycles. The monoisotopic (exact) mass is 806 g/mol. The topological polar surface area (TPSA) is 165 Å². The minimum atomic E-state index is -0.888. The number of aromatic nitrogens is 4. The van der Waals surface area contributed by atoms with Gasteiger partial charge in [0.05, 0.1) is 50.0 Å². The van der Waals surface area contributed by atoms with Crippen LogP contribution in [0.5, 0.6) is 0 Å². The van der Waals surface area contributed by atoms with E-state index in [0.717, 1.165) is 75.9 Å². The van der Waals surface area contributed by atoms with Gasteiger partial charge in [-0.1, -0.05) is 99.1 Å². The number of ether oxygens (including phenoxy) is 1. The van der Waals surface area contributed by atoms with E-state index in [4.69, 9.17) is 9.72 Å². The molecule has 0 spiro atoms. The van der Waals surface area contributed by atoms with Crippen molar-refractivity contribution in [1.82, 2.24) is 40.4 Å². The number of likely N-dealkylation sites (tertiary alicyclic amines) is 1. The highest BCUT2D eigenvalue weighted by molar-refractivity contribution is 5.91. The predicted octanol–water partition coefficient (Wildman–Crippen LogP) is 7.56. The molecule has 0 radical (unpaired) electrons. The van der Waals surface area contributed by atoms with Crippen LogP contribution in [0.4, 0.5) is 4.79 Å². The van der Waals surface area contributed by atoms with Crippen molar-refractivity contribution in [1.29, 1.82) is 0 Å². The first-order valence-electron chi connectivity index (χ1n) is 20.5. The van der Waals surface area contributed by atoms with E-state index in [2.05, 4.69) is 100 Å². The van der Waals surface area contributed by atoms with Crippen LogP contribution < -0.4 is 10.6 Å². The number of benzene rings is 4. The van der Waals surface area contributed by atoms with E-state index < -0.39 is 12.1 Å². The summed E-state index contributed by atoms with van der Waals surface area (Å²) >= 11 is 0. The summed E-state index contributed by atoms with van der Waals surface area (Å²) in [6, 6.07) is 29.2. The Morgan fingerprint density at radius 3 is 2.27 bits per heavy atom. The zero-order chi connectivity index (χ0) is 41.8. The lowest BCUT2D eigenvalue weighted by atomic mass is 9.96. The highest BCUT2D eigenvalue weighted by Gasteiger charge is 2.42. The third-order valence-electron chi connectivity index (χ3n) is 12.0. The van der Waals surface area contributed by atoms with Crippen LogP contribution in [0.25, 0.3) is 44.4 Å². The third-order valence-corrected chi connectivity index (χ3v) is 12.0. The van der Waals surface area contributed by atoms with Crippen molar-refractivity contribution in [2.45, 2.75) is 58.2 Å². The quantitative estimate of drug-likeness (QED) is 0.0778. The van der Waals surface area contributed by atoms with E-state index in [-0.39, 0.29) is 35.7 Å². The fourth-order valence-corrected chi connectivity index (χ4v) is 8.32. The molecule has 2 aromatic heterocycles. The Bertz CT molecular complexity index is 2490. The van der Waals surface area contributed by atoms with E-state index in [0.29, 0.717) is 37.4 Å². The molecule has 4 N–H and O–H groups in total. The third kappa shape index (κ3) is 8.66. The molecule has 1 aliphatic heterocycles. The van der Waals surface area contributed by atoms with Gasteiger partial charge in [-0.05, 0) is 75.8 Å². The predicted molar refractivity (Wildman–Crippen MR) is 229 cm³/mol. The van der Waals surface area contributed by atoms with Gasteiger partial charge in [-0.3, -0.25) is 14.4 Å². The molecule has 0 bridgehead atoms. The maximum Gasteiger partial charge on any atom is 0.407 e. The first kappa shape index (κ1) is 40.0. The number of nitrogens with one attached hydrogen (secondary N) is 4. The van der Waals surface area contributed by atoms with E-state index in [9.17, 15) is 19.2 Å². The molecule has 4 aromatic carbocycles. The number of fused-ring (bicyclic) bond motifs is 1. The first-order valence-corrected chi connectivity index (χ1v) is 20.5. The second-order valence-corrected chi connectivity index (χ2v) is 16.3. The summed E-state index contributed by atoms with van der Waals surface area (Å²) in [5, 5.41) is 7.44. The molecule has 1 saturated carbocycles. The van der Waals surface area contributed by atoms with Gasteiger partial charge in [0.15, 0.2) is 0 Å². The molecule has 4 amide bonds. The second-order valence-electron chi connectivity index (χ2n) is 16.3. The van der Waals surface area contributed by atoms with Gasteiger partial charge in [-0.2, -0.15) is 0 Å². The Kier molecular flexibility index (Phi) is 11.5. The smallest absolute Gasteiger partial charge is 0.407 e. The number of aromatic amines is 2. The van der Waals surface area contributed by atoms with Crippen molar-refractivity contribution in [2.75, 3.05) is 26.7 Å². The van der Waals surface area contributed by atoms with Crippen LogP contribution in [0.15, 0.2) is 103 Å². The van der Waals surface area contributed by atoms with Crippen LogP contribution >= 0.6 is 0 Å². The summed E-state index contributed by atoms with van der Waals surface area (Å²) in [6.07, 6.45) is 7.39. The van der Waals surface area contributed by atoms with Gasteiger partial charge >= 0.3 is 6.09 Å². The molecule has 2 aliphatic rings. The lowest BCUT2D eigenvalue weighted by Gasteiger charge is -2.30. The van der Waals surface area contributed by atoms with Crippen LogP contribution in [-0.2, 0) is 25.7 Å². The molecule has 1 saturated heterocycles. The molecule has 60 heavy (non-hydrogen) atoms. The standard InChI is InChI=1S/C47H50N8O5/c1-4-30-18-21-55(45(58)42(53-46(59)60-3)33-8-6-5-7-9-33)43(30)44-50-25-38(52-44)32-12-10-31(11-13-32)34-14-15-36-23-37(17-16-35(36)22-34)39-24-49-40(51-39)27-54(28-47(2)19-20-47)41(57)26-48-29-56/h5-17,22-25,29-30,42-43H,4,18-21,26-28H2,1-3H3,(H,48,56)(H,49,51)(H,50,52)(H,53,59)/t30-,42-,43?/m1/s1. The average molecular weight is 807 g/mol. The molecule has 13 heteroatoms. The van der Waals surface area contributed by atoms with Crippen LogP contribution in [0.2, 0.25) is 0 Å². The number of alkyl carbamates (subject to hydrolysis) is 1. The van der Waals surface area contributed by atoms with Gasteiger partial charge in [-0.15, -0.1) is 0 Å². The summed E-state index contributed by atoms with van der Waals surface area (Å²) in [6.45, 7) is 5.81. The van der Waals surface area contributed by atoms with Crippen LogP contribution in [0.3, 0.4) is 0 Å². The van der Waals surface area contributed by atoms with Crippen LogP contribution in [0, 0.1) is 11.3 Å². The lowest BCUT2D eigenvalue weighted by Crippen LogP contribution is -2.43. The van der Waals surface area contributed by atoms with E-state index in [1.807, 2.05) is 41.4 Å². The maximum atomic E-state index is 14.2. The molecular weight excluding hydrogens is 757 g/mol. The number of hydrogen-bond donors (Lipinski definition) is 4. The number of carbonyl (C=O) groups is 4.